The van der Waals surface area contributed by atoms with E-state index >= 15 is 0 Å². The van der Waals surface area contributed by atoms with Gasteiger partial charge in [-0.1, -0.05) is 6.92 Å². The Morgan fingerprint density at radius 1 is 1.56 bits per heavy atom. The van der Waals surface area contributed by atoms with Crippen molar-refractivity contribution in [1.82, 2.24) is 15.5 Å². The average Bonchev–Trinajstić information content (AvgIpc) is 2.35. The van der Waals surface area contributed by atoms with Crippen LogP contribution >= 0.6 is 0 Å². The van der Waals surface area contributed by atoms with Crippen LogP contribution in [0.5, 0.6) is 0 Å². The average molecular weight is 222 g/mol. The highest BCUT2D eigenvalue weighted by atomic mass is 16.2. The number of hydrogen-bond acceptors (Lipinski definition) is 4. The number of nitrogens with one attached hydrogen (secondary N) is 2. The van der Waals surface area contributed by atoms with Crippen LogP contribution in [0.15, 0.2) is 11.8 Å². The minimum Gasteiger partial charge on any atom is -0.390 e. The van der Waals surface area contributed by atoms with Gasteiger partial charge in [0, 0.05) is 38.9 Å². The molecule has 1 aliphatic rings. The van der Waals surface area contributed by atoms with E-state index in [1.54, 1.807) is 4.90 Å². The molecule has 0 aromatic carbocycles. The molecule has 0 aromatic heterocycles. The van der Waals surface area contributed by atoms with Crippen molar-refractivity contribution in [2.24, 2.45) is 0 Å². The van der Waals surface area contributed by atoms with E-state index in [1.807, 2.05) is 13.0 Å². The molecule has 0 spiro atoms. The quantitative estimate of drug-likeness (QED) is 0.393. The maximum Gasteiger partial charge on any atom is 0.266 e. The summed E-state index contributed by atoms with van der Waals surface area (Å²) in [6, 6.07) is 1.95. The summed E-state index contributed by atoms with van der Waals surface area (Å²) in [5.41, 5.74) is 0.190. The third kappa shape index (κ3) is 3.55. The number of hydrogen-bond donors (Lipinski definition) is 2. The Bertz CT molecular complexity index is 300. The second kappa shape index (κ2) is 6.85. The number of rotatable bonds is 4. The van der Waals surface area contributed by atoms with Gasteiger partial charge in [-0.15, -0.1) is 0 Å². The zero-order valence-electron chi connectivity index (χ0n) is 9.62. The number of carbonyl (C=O) groups excluding carboxylic acids is 1. The first-order valence-corrected chi connectivity index (χ1v) is 5.63. The fourth-order valence-corrected chi connectivity index (χ4v) is 1.50. The first-order valence-electron chi connectivity index (χ1n) is 5.63. The van der Waals surface area contributed by atoms with Crippen molar-refractivity contribution in [3.8, 4) is 6.07 Å². The van der Waals surface area contributed by atoms with Gasteiger partial charge in [-0.3, -0.25) is 4.79 Å². The lowest BCUT2D eigenvalue weighted by atomic mass is 10.2. The van der Waals surface area contributed by atoms with E-state index in [0.29, 0.717) is 13.1 Å². The summed E-state index contributed by atoms with van der Waals surface area (Å²) in [7, 11) is 0. The summed E-state index contributed by atoms with van der Waals surface area (Å²) < 4.78 is 0. The van der Waals surface area contributed by atoms with E-state index in [0.717, 1.165) is 26.1 Å². The Morgan fingerprint density at radius 3 is 2.81 bits per heavy atom. The third-order valence-electron chi connectivity index (χ3n) is 2.40. The molecule has 1 heterocycles. The predicted octanol–water partition coefficient (Wildman–Crippen LogP) is -0.175. The van der Waals surface area contributed by atoms with Crippen LogP contribution in [0, 0.1) is 11.3 Å². The first kappa shape index (κ1) is 12.5. The number of nitriles is 1. The van der Waals surface area contributed by atoms with Gasteiger partial charge < -0.3 is 15.5 Å². The van der Waals surface area contributed by atoms with Gasteiger partial charge in [0.1, 0.15) is 11.6 Å². The lowest BCUT2D eigenvalue weighted by Gasteiger charge is -2.27. The molecule has 0 unspecified atom stereocenters. The van der Waals surface area contributed by atoms with Crippen molar-refractivity contribution < 1.29 is 4.79 Å². The van der Waals surface area contributed by atoms with Gasteiger partial charge in [0.15, 0.2) is 0 Å². The van der Waals surface area contributed by atoms with Crippen LogP contribution in [0.2, 0.25) is 0 Å². The molecular weight excluding hydrogens is 204 g/mol. The molecule has 0 radical (unpaired) electrons. The Balaban J connectivity index is 2.54. The van der Waals surface area contributed by atoms with E-state index in [-0.39, 0.29) is 11.5 Å². The monoisotopic (exact) mass is 222 g/mol. The zero-order valence-corrected chi connectivity index (χ0v) is 9.62. The summed E-state index contributed by atoms with van der Waals surface area (Å²) in [5.74, 6) is -0.174. The largest absolute Gasteiger partial charge is 0.390 e. The fraction of sp³-hybridized carbons (Fsp3) is 0.636. The van der Waals surface area contributed by atoms with Crippen LogP contribution in [0.4, 0.5) is 0 Å². The number of piperazine rings is 1. The summed E-state index contributed by atoms with van der Waals surface area (Å²) in [6.45, 7) is 5.75. The van der Waals surface area contributed by atoms with Gasteiger partial charge in [0.25, 0.3) is 5.91 Å². The van der Waals surface area contributed by atoms with Crippen LogP contribution in [0.1, 0.15) is 13.3 Å². The van der Waals surface area contributed by atoms with Crippen molar-refractivity contribution in [3.63, 3.8) is 0 Å². The van der Waals surface area contributed by atoms with E-state index in [2.05, 4.69) is 10.6 Å². The Labute approximate surface area is 96.1 Å². The predicted molar refractivity (Wildman–Crippen MR) is 61.4 cm³/mol. The molecule has 1 saturated heterocycles. The lowest BCUT2D eigenvalue weighted by molar-refractivity contribution is -0.127. The van der Waals surface area contributed by atoms with Gasteiger partial charge >= 0.3 is 0 Å². The molecule has 0 bridgehead atoms. The fourth-order valence-electron chi connectivity index (χ4n) is 1.50. The van der Waals surface area contributed by atoms with Crippen molar-refractivity contribution in [2.45, 2.75) is 13.3 Å². The molecule has 1 rings (SSSR count). The van der Waals surface area contributed by atoms with Gasteiger partial charge in [-0.25, -0.2) is 0 Å². The van der Waals surface area contributed by atoms with Crippen molar-refractivity contribution in [3.05, 3.63) is 11.8 Å². The second-order valence-electron chi connectivity index (χ2n) is 3.67. The smallest absolute Gasteiger partial charge is 0.266 e. The molecule has 0 saturated carbocycles. The topological polar surface area (TPSA) is 68.2 Å². The lowest BCUT2D eigenvalue weighted by Crippen LogP contribution is -2.46. The molecule has 88 valence electrons. The zero-order chi connectivity index (χ0) is 11.8. The standard InChI is InChI=1S/C11H18N4O/c1-2-3-14-9-10(8-12)11(16)15-6-4-13-5-7-15/h9,13-14H,2-7H2,1H3/b10-9-. The van der Waals surface area contributed by atoms with Crippen molar-refractivity contribution in [2.75, 3.05) is 32.7 Å². The summed E-state index contributed by atoms with van der Waals surface area (Å²) in [4.78, 5) is 13.6. The van der Waals surface area contributed by atoms with Gasteiger partial charge in [0.2, 0.25) is 0 Å². The number of nitrogens with zero attached hydrogens (tertiary/aromatic N) is 2. The molecular formula is C11H18N4O. The summed E-state index contributed by atoms with van der Waals surface area (Å²) >= 11 is 0. The number of amides is 1. The Hall–Kier alpha value is -1.54. The Kier molecular flexibility index (Phi) is 5.37. The minimum atomic E-state index is -0.174. The normalized spacial score (nSPS) is 16.8. The van der Waals surface area contributed by atoms with E-state index in [4.69, 9.17) is 5.26 Å². The highest BCUT2D eigenvalue weighted by molar-refractivity contribution is 5.97. The summed E-state index contributed by atoms with van der Waals surface area (Å²) in [6.07, 6.45) is 2.49. The van der Waals surface area contributed by atoms with E-state index in [9.17, 15) is 4.79 Å². The molecule has 1 aliphatic heterocycles. The third-order valence-corrected chi connectivity index (χ3v) is 2.40. The maximum atomic E-state index is 11.9. The van der Waals surface area contributed by atoms with Crippen molar-refractivity contribution in [1.29, 1.82) is 5.26 Å². The molecule has 1 amide bonds. The maximum absolute atomic E-state index is 11.9. The van der Waals surface area contributed by atoms with Crippen LogP contribution in [0.25, 0.3) is 0 Å². The second-order valence-corrected chi connectivity index (χ2v) is 3.67. The summed E-state index contributed by atoms with van der Waals surface area (Å²) in [5, 5.41) is 15.0. The molecule has 1 fully saturated rings. The number of carbonyl (C=O) groups is 1. The molecule has 0 aliphatic carbocycles. The van der Waals surface area contributed by atoms with Crippen LogP contribution in [-0.2, 0) is 4.79 Å². The van der Waals surface area contributed by atoms with Gasteiger partial charge in [0.05, 0.1) is 0 Å². The van der Waals surface area contributed by atoms with Gasteiger partial charge in [-0.05, 0) is 6.42 Å². The molecule has 5 nitrogen and oxygen atoms in total. The molecule has 5 heteroatoms. The van der Waals surface area contributed by atoms with Crippen LogP contribution < -0.4 is 10.6 Å². The van der Waals surface area contributed by atoms with E-state index in [1.165, 1.54) is 6.20 Å². The molecule has 16 heavy (non-hydrogen) atoms. The molecule has 0 atom stereocenters. The minimum absolute atomic E-state index is 0.174. The SMILES string of the molecule is CCCN/C=C(/C#N)C(=O)N1CCNCC1. The van der Waals surface area contributed by atoms with Crippen molar-refractivity contribution >= 4 is 5.91 Å². The molecule has 0 aromatic rings. The highest BCUT2D eigenvalue weighted by Crippen LogP contribution is 2.01. The van der Waals surface area contributed by atoms with E-state index < -0.39 is 0 Å². The van der Waals surface area contributed by atoms with Crippen LogP contribution in [-0.4, -0.2) is 43.5 Å². The van der Waals surface area contributed by atoms with Crippen LogP contribution in [0.3, 0.4) is 0 Å². The molecule has 2 N–H and O–H groups in total. The highest BCUT2D eigenvalue weighted by Gasteiger charge is 2.19. The van der Waals surface area contributed by atoms with Gasteiger partial charge in [-0.2, -0.15) is 5.26 Å². The Morgan fingerprint density at radius 2 is 2.25 bits per heavy atom. The first-order chi connectivity index (χ1) is 7.79.